The van der Waals surface area contributed by atoms with E-state index in [-0.39, 0.29) is 18.9 Å². The monoisotopic (exact) mass is 632 g/mol. The van der Waals surface area contributed by atoms with E-state index in [1.54, 1.807) is 31.2 Å². The highest BCUT2D eigenvalue weighted by Crippen LogP contribution is 2.29. The number of hydrogen-bond acceptors (Lipinski definition) is 4. The molecule has 1 unspecified atom stereocenters. The average Bonchev–Trinajstić information content (AvgIpc) is 2.95. The van der Waals surface area contributed by atoms with E-state index in [2.05, 4.69) is 5.32 Å². The summed E-state index contributed by atoms with van der Waals surface area (Å²) in [5, 5.41) is 3.58. The highest BCUT2D eigenvalue weighted by Gasteiger charge is 2.35. The highest BCUT2D eigenvalue weighted by molar-refractivity contribution is 7.90. The van der Waals surface area contributed by atoms with Crippen LogP contribution in [0, 0.1) is 13.8 Å². The van der Waals surface area contributed by atoms with Crippen molar-refractivity contribution in [3.63, 3.8) is 0 Å². The fraction of sp³-hybridized carbons (Fsp3) is 0.355. The number of halogens is 2. The Morgan fingerprint density at radius 2 is 1.57 bits per heavy atom. The van der Waals surface area contributed by atoms with Crippen LogP contribution in [0.25, 0.3) is 0 Å². The molecule has 0 fully saturated rings. The van der Waals surface area contributed by atoms with E-state index in [0.29, 0.717) is 39.8 Å². The Morgan fingerprint density at radius 1 is 0.929 bits per heavy atom. The first-order valence-electron chi connectivity index (χ1n) is 13.7. The van der Waals surface area contributed by atoms with Crippen molar-refractivity contribution in [1.29, 1.82) is 0 Å². The fourth-order valence-corrected chi connectivity index (χ4v) is 6.09. The summed E-state index contributed by atoms with van der Waals surface area (Å²) in [5.41, 5.74) is 3.19. The molecular formula is C31H38Cl2N4O4S. The van der Waals surface area contributed by atoms with Crippen LogP contribution in [0.4, 0.5) is 5.69 Å². The van der Waals surface area contributed by atoms with Gasteiger partial charge in [-0.15, -0.1) is 0 Å². The maximum Gasteiger partial charge on any atom is 0.304 e. The fourth-order valence-electron chi connectivity index (χ4n) is 4.46. The number of nitrogens with one attached hydrogen (secondary N) is 1. The van der Waals surface area contributed by atoms with Gasteiger partial charge in [-0.2, -0.15) is 12.7 Å². The minimum Gasteiger partial charge on any atom is -0.354 e. The standard InChI is InChI=1S/C31H38Cl2N4O4S/c1-6-17-34-31(39)29(19-24-11-8-7-9-12-24)36(20-25-26(32)13-10-14-27(25)33)30(38)21-37(42(40,41)35(4)5)28-18-22(2)15-16-23(28)3/h7-16,18,29H,6,17,19-21H2,1-5H3,(H,34,39). The molecule has 0 aliphatic rings. The summed E-state index contributed by atoms with van der Waals surface area (Å²) in [6, 6.07) is 18.8. The molecule has 1 N–H and O–H groups in total. The summed E-state index contributed by atoms with van der Waals surface area (Å²) >= 11 is 13.0. The van der Waals surface area contributed by atoms with Crippen molar-refractivity contribution in [1.82, 2.24) is 14.5 Å². The third-order valence-corrected chi connectivity index (χ3v) is 9.38. The molecule has 3 rings (SSSR count). The quantitative estimate of drug-likeness (QED) is 0.274. The second kappa shape index (κ2) is 14.9. The Hall–Kier alpha value is -3.11. The molecule has 0 bridgehead atoms. The van der Waals surface area contributed by atoms with E-state index in [0.717, 1.165) is 19.7 Å². The summed E-state index contributed by atoms with van der Waals surface area (Å²) in [7, 11) is -1.28. The van der Waals surface area contributed by atoms with Crippen molar-refractivity contribution < 1.29 is 18.0 Å². The van der Waals surface area contributed by atoms with E-state index in [1.165, 1.54) is 19.0 Å². The number of hydrogen-bond donors (Lipinski definition) is 1. The molecule has 0 saturated heterocycles. The van der Waals surface area contributed by atoms with E-state index in [1.807, 2.05) is 56.3 Å². The smallest absolute Gasteiger partial charge is 0.304 e. The number of benzene rings is 3. The summed E-state index contributed by atoms with van der Waals surface area (Å²) in [6.45, 7) is 5.35. The molecule has 0 radical (unpaired) electrons. The minimum absolute atomic E-state index is 0.100. The summed E-state index contributed by atoms with van der Waals surface area (Å²) in [5.74, 6) is -0.934. The zero-order valence-electron chi connectivity index (χ0n) is 24.6. The molecule has 11 heteroatoms. The van der Waals surface area contributed by atoms with Crippen molar-refractivity contribution in [3.8, 4) is 0 Å². The van der Waals surface area contributed by atoms with Crippen molar-refractivity contribution in [3.05, 3.63) is 99.0 Å². The maximum absolute atomic E-state index is 14.4. The lowest BCUT2D eigenvalue weighted by Gasteiger charge is -2.35. The molecule has 8 nitrogen and oxygen atoms in total. The van der Waals surface area contributed by atoms with Crippen LogP contribution < -0.4 is 9.62 Å². The van der Waals surface area contributed by atoms with Crippen LogP contribution in [0.2, 0.25) is 10.0 Å². The molecule has 2 amide bonds. The first-order valence-corrected chi connectivity index (χ1v) is 15.8. The topological polar surface area (TPSA) is 90.0 Å². The molecule has 0 aromatic heterocycles. The molecule has 226 valence electrons. The Bertz CT molecular complexity index is 1480. The second-order valence-electron chi connectivity index (χ2n) is 10.3. The van der Waals surface area contributed by atoms with Crippen LogP contribution in [0.15, 0.2) is 66.7 Å². The molecule has 0 heterocycles. The number of rotatable bonds is 13. The number of anilines is 1. The van der Waals surface area contributed by atoms with Gasteiger partial charge in [0.15, 0.2) is 0 Å². The molecule has 0 spiro atoms. The number of carbonyl (C=O) groups excluding carboxylic acids is 2. The average molecular weight is 634 g/mol. The first kappa shape index (κ1) is 33.4. The second-order valence-corrected chi connectivity index (χ2v) is 13.2. The maximum atomic E-state index is 14.4. The Kier molecular flexibility index (Phi) is 11.8. The van der Waals surface area contributed by atoms with Crippen molar-refractivity contribution >= 4 is 50.9 Å². The molecule has 0 aliphatic heterocycles. The van der Waals surface area contributed by atoms with Gasteiger partial charge < -0.3 is 10.2 Å². The third-order valence-electron chi connectivity index (χ3n) is 6.86. The predicted octanol–water partition coefficient (Wildman–Crippen LogP) is 5.39. The van der Waals surface area contributed by atoms with E-state index >= 15 is 0 Å². The molecule has 42 heavy (non-hydrogen) atoms. The third kappa shape index (κ3) is 8.25. The zero-order chi connectivity index (χ0) is 31.0. The van der Waals surface area contributed by atoms with Gasteiger partial charge in [0.1, 0.15) is 12.6 Å². The molecular weight excluding hydrogens is 595 g/mol. The lowest BCUT2D eigenvalue weighted by Crippen LogP contribution is -2.54. The first-order chi connectivity index (χ1) is 19.9. The minimum atomic E-state index is -4.10. The normalized spacial score (nSPS) is 12.2. The van der Waals surface area contributed by atoms with Crippen LogP contribution in [-0.2, 0) is 32.8 Å². The molecule has 3 aromatic carbocycles. The summed E-state index contributed by atoms with van der Waals surface area (Å²) in [6.07, 6.45) is 0.906. The molecule has 1 atom stereocenters. The largest absolute Gasteiger partial charge is 0.354 e. The summed E-state index contributed by atoms with van der Waals surface area (Å²) < 4.78 is 29.4. The SMILES string of the molecule is CCCNC(=O)C(Cc1ccccc1)N(Cc1c(Cl)cccc1Cl)C(=O)CN(c1cc(C)ccc1C)S(=O)(=O)N(C)C. The van der Waals surface area contributed by atoms with Gasteiger partial charge >= 0.3 is 10.2 Å². The lowest BCUT2D eigenvalue weighted by atomic mass is 10.0. The predicted molar refractivity (Wildman–Crippen MR) is 170 cm³/mol. The van der Waals surface area contributed by atoms with Gasteiger partial charge in [-0.25, -0.2) is 4.31 Å². The van der Waals surface area contributed by atoms with Crippen LogP contribution >= 0.6 is 23.2 Å². The van der Waals surface area contributed by atoms with E-state index in [9.17, 15) is 18.0 Å². The van der Waals surface area contributed by atoms with Gasteiger partial charge in [-0.3, -0.25) is 9.59 Å². The summed E-state index contributed by atoms with van der Waals surface area (Å²) in [4.78, 5) is 29.4. The van der Waals surface area contributed by atoms with Crippen molar-refractivity contribution in [2.24, 2.45) is 0 Å². The zero-order valence-corrected chi connectivity index (χ0v) is 26.9. The van der Waals surface area contributed by atoms with Crippen molar-refractivity contribution in [2.75, 3.05) is 31.5 Å². The van der Waals surface area contributed by atoms with Crippen LogP contribution in [0.1, 0.15) is 35.6 Å². The Labute approximate surface area is 259 Å². The van der Waals surface area contributed by atoms with Crippen molar-refractivity contribution in [2.45, 2.75) is 46.2 Å². The number of nitrogens with zero attached hydrogens (tertiary/aromatic N) is 3. The number of amides is 2. The van der Waals surface area contributed by atoms with Crippen LogP contribution in [0.3, 0.4) is 0 Å². The molecule has 0 aliphatic carbocycles. The highest BCUT2D eigenvalue weighted by atomic mass is 35.5. The molecule has 3 aromatic rings. The van der Waals surface area contributed by atoms with E-state index in [4.69, 9.17) is 23.2 Å². The number of aryl methyl sites for hydroxylation is 2. The Morgan fingerprint density at radius 3 is 2.17 bits per heavy atom. The van der Waals surface area contributed by atoms with Gasteiger partial charge in [0.2, 0.25) is 11.8 Å². The Balaban J connectivity index is 2.16. The van der Waals surface area contributed by atoms with Gasteiger partial charge in [0.25, 0.3) is 0 Å². The van der Waals surface area contributed by atoms with Gasteiger partial charge in [-0.1, -0.05) is 78.7 Å². The van der Waals surface area contributed by atoms with Gasteiger partial charge in [0.05, 0.1) is 5.69 Å². The van der Waals surface area contributed by atoms with Crippen LogP contribution in [-0.4, -0.2) is 62.7 Å². The van der Waals surface area contributed by atoms with E-state index < -0.39 is 28.7 Å². The van der Waals surface area contributed by atoms with Gasteiger partial charge in [0, 0.05) is 49.2 Å². The molecule has 0 saturated carbocycles. The lowest BCUT2D eigenvalue weighted by molar-refractivity contribution is -0.140. The van der Waals surface area contributed by atoms with Gasteiger partial charge in [-0.05, 0) is 55.2 Å². The van der Waals surface area contributed by atoms with Crippen LogP contribution in [0.5, 0.6) is 0 Å². The number of carbonyl (C=O) groups is 2.